The summed E-state index contributed by atoms with van der Waals surface area (Å²) < 4.78 is 12.6. The number of nitrogens with one attached hydrogen (secondary N) is 1. The van der Waals surface area contributed by atoms with Crippen molar-refractivity contribution in [3.8, 4) is 17.6 Å². The van der Waals surface area contributed by atoms with Crippen molar-refractivity contribution in [2.24, 2.45) is 0 Å². The smallest absolute Gasteiger partial charge is 0.266 e. The van der Waals surface area contributed by atoms with Crippen LogP contribution in [0, 0.1) is 11.3 Å². The summed E-state index contributed by atoms with van der Waals surface area (Å²) >= 11 is 3.56. The van der Waals surface area contributed by atoms with Crippen LogP contribution in [-0.4, -0.2) is 5.91 Å². The molecule has 0 fully saturated rings. The summed E-state index contributed by atoms with van der Waals surface area (Å²) in [5, 5.41) is 14.7. The minimum atomic E-state index is -0.493. The second-order valence-electron chi connectivity index (χ2n) is 9.04. The molecule has 5 aromatic carbocycles. The molecule has 0 aromatic heterocycles. The zero-order valence-corrected chi connectivity index (χ0v) is 23.1. The number of nitriles is 1. The summed E-state index contributed by atoms with van der Waals surface area (Å²) in [5.41, 5.74) is 3.41. The molecule has 40 heavy (non-hydrogen) atoms. The maximum atomic E-state index is 12.8. The Morgan fingerprint density at radius 2 is 1.57 bits per heavy atom. The van der Waals surface area contributed by atoms with Gasteiger partial charge in [-0.25, -0.2) is 0 Å². The highest BCUT2D eigenvalue weighted by molar-refractivity contribution is 9.10. The van der Waals surface area contributed by atoms with Gasteiger partial charge in [0.15, 0.2) is 0 Å². The highest BCUT2D eigenvalue weighted by atomic mass is 79.9. The monoisotopic (exact) mass is 588 g/mol. The van der Waals surface area contributed by atoms with E-state index < -0.39 is 5.91 Å². The molecule has 196 valence electrons. The van der Waals surface area contributed by atoms with Crippen LogP contribution in [0.25, 0.3) is 16.8 Å². The molecular formula is C34H25BrN2O3. The van der Waals surface area contributed by atoms with Crippen LogP contribution in [0.5, 0.6) is 11.5 Å². The molecule has 5 aromatic rings. The molecule has 5 nitrogen and oxygen atoms in total. The van der Waals surface area contributed by atoms with Crippen LogP contribution in [0.4, 0.5) is 5.69 Å². The highest BCUT2D eigenvalue weighted by Crippen LogP contribution is 2.29. The predicted molar refractivity (Wildman–Crippen MR) is 162 cm³/mol. The van der Waals surface area contributed by atoms with Gasteiger partial charge in [0.2, 0.25) is 0 Å². The topological polar surface area (TPSA) is 71.3 Å². The fourth-order valence-corrected chi connectivity index (χ4v) is 4.70. The van der Waals surface area contributed by atoms with Crippen molar-refractivity contribution in [2.75, 3.05) is 5.32 Å². The number of hydrogen-bond acceptors (Lipinski definition) is 4. The van der Waals surface area contributed by atoms with Crippen molar-refractivity contribution in [1.82, 2.24) is 0 Å². The van der Waals surface area contributed by atoms with Gasteiger partial charge in [-0.1, -0.05) is 78.9 Å². The van der Waals surface area contributed by atoms with Gasteiger partial charge in [0.1, 0.15) is 36.4 Å². The van der Waals surface area contributed by atoms with Crippen molar-refractivity contribution in [2.45, 2.75) is 13.2 Å². The molecule has 6 heteroatoms. The average Bonchev–Trinajstić information content (AvgIpc) is 2.99. The second-order valence-corrected chi connectivity index (χ2v) is 9.89. The summed E-state index contributed by atoms with van der Waals surface area (Å²) in [7, 11) is 0. The number of amides is 1. The summed E-state index contributed by atoms with van der Waals surface area (Å²) in [6, 6.07) is 38.7. The Bertz CT molecular complexity index is 1700. The van der Waals surface area contributed by atoms with Crippen LogP contribution in [0.1, 0.15) is 16.7 Å². The van der Waals surface area contributed by atoms with E-state index in [9.17, 15) is 10.1 Å². The third kappa shape index (κ3) is 6.76. The molecule has 0 saturated heterocycles. The van der Waals surface area contributed by atoms with Crippen LogP contribution in [0.3, 0.4) is 0 Å². The fraction of sp³-hybridized carbons (Fsp3) is 0.0588. The number of halogens is 1. The van der Waals surface area contributed by atoms with E-state index in [0.717, 1.165) is 26.4 Å². The van der Waals surface area contributed by atoms with Gasteiger partial charge in [-0.2, -0.15) is 5.26 Å². The Labute approximate surface area is 241 Å². The lowest BCUT2D eigenvalue weighted by molar-refractivity contribution is -0.112. The van der Waals surface area contributed by atoms with Gasteiger partial charge in [-0.15, -0.1) is 0 Å². The quantitative estimate of drug-likeness (QED) is 0.139. The number of benzene rings is 5. The Morgan fingerprint density at radius 3 is 2.35 bits per heavy atom. The van der Waals surface area contributed by atoms with E-state index in [0.29, 0.717) is 36.0 Å². The summed E-state index contributed by atoms with van der Waals surface area (Å²) in [6.07, 6.45) is 1.55. The Kier molecular flexibility index (Phi) is 8.55. The largest absolute Gasteiger partial charge is 0.489 e. The van der Waals surface area contributed by atoms with Crippen LogP contribution in [0.15, 0.2) is 125 Å². The van der Waals surface area contributed by atoms with E-state index in [-0.39, 0.29) is 5.57 Å². The fourth-order valence-electron chi connectivity index (χ4n) is 4.19. The molecule has 0 atom stereocenters. The maximum absolute atomic E-state index is 12.8. The van der Waals surface area contributed by atoms with Crippen molar-refractivity contribution in [3.05, 3.63) is 142 Å². The Balaban J connectivity index is 1.20. The van der Waals surface area contributed by atoms with Gasteiger partial charge in [-0.05, 0) is 85.9 Å². The van der Waals surface area contributed by atoms with E-state index in [4.69, 9.17) is 9.47 Å². The average molecular weight is 589 g/mol. The molecule has 0 bridgehead atoms. The number of fused-ring (bicyclic) bond motifs is 1. The number of hydrogen-bond donors (Lipinski definition) is 1. The zero-order chi connectivity index (χ0) is 27.7. The number of nitrogens with zero attached hydrogens (tertiary/aromatic N) is 1. The number of ether oxygens (including phenoxy) is 2. The van der Waals surface area contributed by atoms with E-state index in [1.807, 2.05) is 72.8 Å². The van der Waals surface area contributed by atoms with E-state index in [1.54, 1.807) is 30.3 Å². The number of carbonyl (C=O) groups is 1. The minimum absolute atomic E-state index is 0.0132. The van der Waals surface area contributed by atoms with Crippen LogP contribution in [0.2, 0.25) is 0 Å². The SMILES string of the molecule is N#C/C(=C\c1ccc(OCc2cccc3ccccc23)c(Br)c1)C(=O)Nc1ccc(OCc2ccccc2)cc1. The van der Waals surface area contributed by atoms with E-state index in [2.05, 4.69) is 45.5 Å². The summed E-state index contributed by atoms with van der Waals surface area (Å²) in [4.78, 5) is 12.8. The first-order valence-corrected chi connectivity index (χ1v) is 13.5. The molecule has 0 aliphatic heterocycles. The van der Waals surface area contributed by atoms with Crippen LogP contribution >= 0.6 is 15.9 Å². The number of anilines is 1. The summed E-state index contributed by atoms with van der Waals surface area (Å²) in [5.74, 6) is 0.862. The van der Waals surface area contributed by atoms with Crippen LogP contribution in [-0.2, 0) is 18.0 Å². The third-order valence-corrected chi connectivity index (χ3v) is 6.88. The van der Waals surface area contributed by atoms with E-state index >= 15 is 0 Å². The molecule has 0 saturated carbocycles. The standard InChI is InChI=1S/C34H25BrN2O3/c35-32-20-25(13-18-33(32)40-23-27-11-6-10-26-9-4-5-12-31(26)27)19-28(21-36)34(38)37-29-14-16-30(17-15-29)39-22-24-7-2-1-3-8-24/h1-20H,22-23H2,(H,37,38)/b28-19+. The first kappa shape index (κ1) is 26.7. The lowest BCUT2D eigenvalue weighted by Crippen LogP contribution is -2.13. The summed E-state index contributed by atoms with van der Waals surface area (Å²) in [6.45, 7) is 0.869. The van der Waals surface area contributed by atoms with Gasteiger partial charge in [0.25, 0.3) is 5.91 Å². The lowest BCUT2D eigenvalue weighted by atomic mass is 10.1. The third-order valence-electron chi connectivity index (χ3n) is 6.26. The minimum Gasteiger partial charge on any atom is -0.489 e. The van der Waals surface area contributed by atoms with E-state index in [1.165, 1.54) is 0 Å². The molecule has 0 aliphatic rings. The lowest BCUT2D eigenvalue weighted by Gasteiger charge is -2.11. The molecule has 5 rings (SSSR count). The first-order valence-electron chi connectivity index (χ1n) is 12.7. The maximum Gasteiger partial charge on any atom is 0.266 e. The first-order chi connectivity index (χ1) is 19.6. The number of carbonyl (C=O) groups excluding carboxylic acids is 1. The molecule has 1 N–H and O–H groups in total. The number of rotatable bonds is 9. The molecule has 1 amide bonds. The molecule has 0 heterocycles. The van der Waals surface area contributed by atoms with Crippen molar-refractivity contribution < 1.29 is 14.3 Å². The zero-order valence-electron chi connectivity index (χ0n) is 21.5. The van der Waals surface area contributed by atoms with Crippen molar-refractivity contribution in [3.63, 3.8) is 0 Å². The van der Waals surface area contributed by atoms with Crippen molar-refractivity contribution >= 4 is 44.4 Å². The van der Waals surface area contributed by atoms with Gasteiger partial charge in [-0.3, -0.25) is 4.79 Å². The molecule has 0 spiro atoms. The second kappa shape index (κ2) is 12.8. The molecule has 0 unspecified atom stereocenters. The highest BCUT2D eigenvalue weighted by Gasteiger charge is 2.11. The molecule has 0 radical (unpaired) electrons. The molecule has 0 aliphatic carbocycles. The Morgan fingerprint density at radius 1 is 0.825 bits per heavy atom. The van der Waals surface area contributed by atoms with Gasteiger partial charge in [0, 0.05) is 5.69 Å². The van der Waals surface area contributed by atoms with Gasteiger partial charge >= 0.3 is 0 Å². The van der Waals surface area contributed by atoms with Gasteiger partial charge < -0.3 is 14.8 Å². The van der Waals surface area contributed by atoms with Gasteiger partial charge in [0.05, 0.1) is 4.47 Å². The normalized spacial score (nSPS) is 11.1. The Hall–Kier alpha value is -4.86. The predicted octanol–water partition coefficient (Wildman–Crippen LogP) is 8.31. The van der Waals surface area contributed by atoms with Crippen LogP contribution < -0.4 is 14.8 Å². The molecular weight excluding hydrogens is 564 g/mol. The van der Waals surface area contributed by atoms with Crippen molar-refractivity contribution in [1.29, 1.82) is 5.26 Å².